The van der Waals surface area contributed by atoms with Crippen molar-refractivity contribution >= 4 is 29.2 Å². The highest BCUT2D eigenvalue weighted by molar-refractivity contribution is 6.01. The quantitative estimate of drug-likeness (QED) is 0.531. The van der Waals surface area contributed by atoms with Gasteiger partial charge in [0.05, 0.1) is 25.8 Å². The number of hydrogen-bond acceptors (Lipinski definition) is 6. The first-order valence-corrected chi connectivity index (χ1v) is 14.0. The highest BCUT2D eigenvalue weighted by atomic mass is 16.5. The van der Waals surface area contributed by atoms with Gasteiger partial charge in [-0.3, -0.25) is 19.2 Å². The summed E-state index contributed by atoms with van der Waals surface area (Å²) in [4.78, 5) is 58.2. The van der Waals surface area contributed by atoms with Crippen molar-refractivity contribution in [2.24, 2.45) is 11.8 Å². The van der Waals surface area contributed by atoms with Gasteiger partial charge in [0.25, 0.3) is 5.91 Å². The summed E-state index contributed by atoms with van der Waals surface area (Å²) in [5, 5.41) is 2.95. The average Bonchev–Trinajstić information content (AvgIpc) is 3.48. The maximum Gasteiger partial charge on any atom is 0.251 e. The molecule has 3 atom stereocenters. The molecule has 3 amide bonds. The predicted molar refractivity (Wildman–Crippen MR) is 145 cm³/mol. The monoisotopic (exact) mass is 526 g/mol. The van der Waals surface area contributed by atoms with Crippen LogP contribution in [-0.2, 0) is 19.1 Å². The molecule has 3 aliphatic heterocycles. The molecule has 1 aromatic carbocycles. The molecule has 0 spiro atoms. The van der Waals surface area contributed by atoms with E-state index < -0.39 is 12.1 Å². The van der Waals surface area contributed by atoms with Crippen LogP contribution in [0.1, 0.15) is 63.7 Å². The Morgan fingerprint density at radius 2 is 1.66 bits per heavy atom. The molecule has 1 aromatic rings. The van der Waals surface area contributed by atoms with Crippen LogP contribution in [0.4, 0.5) is 5.69 Å². The Balaban J connectivity index is 1.43. The smallest absolute Gasteiger partial charge is 0.251 e. The van der Waals surface area contributed by atoms with Crippen molar-refractivity contribution in [2.75, 3.05) is 44.3 Å². The van der Waals surface area contributed by atoms with Crippen LogP contribution in [0.25, 0.3) is 0 Å². The number of fused-ring (bicyclic) bond motifs is 1. The molecule has 3 heterocycles. The summed E-state index contributed by atoms with van der Waals surface area (Å²) >= 11 is 0. The first-order valence-electron chi connectivity index (χ1n) is 14.0. The van der Waals surface area contributed by atoms with Gasteiger partial charge in [-0.25, -0.2) is 0 Å². The van der Waals surface area contributed by atoms with E-state index in [1.165, 1.54) is 0 Å². The number of benzene rings is 1. The van der Waals surface area contributed by atoms with Gasteiger partial charge in [-0.15, -0.1) is 0 Å². The van der Waals surface area contributed by atoms with Gasteiger partial charge >= 0.3 is 0 Å². The molecule has 4 rings (SSSR count). The number of morpholine rings is 1. The molecule has 0 bridgehead atoms. The molecule has 0 radical (unpaired) electrons. The molecule has 9 nitrogen and oxygen atoms in total. The van der Waals surface area contributed by atoms with E-state index >= 15 is 0 Å². The van der Waals surface area contributed by atoms with Crippen LogP contribution in [0, 0.1) is 11.8 Å². The lowest BCUT2D eigenvalue weighted by Crippen LogP contribution is -2.53. The molecular weight excluding hydrogens is 484 g/mol. The van der Waals surface area contributed by atoms with Crippen LogP contribution in [0.5, 0.6) is 0 Å². The van der Waals surface area contributed by atoms with Crippen LogP contribution in [0.15, 0.2) is 24.3 Å². The van der Waals surface area contributed by atoms with Gasteiger partial charge in [0.1, 0.15) is 12.1 Å². The molecule has 3 aliphatic rings. The van der Waals surface area contributed by atoms with E-state index in [0.29, 0.717) is 50.5 Å². The van der Waals surface area contributed by atoms with Crippen molar-refractivity contribution in [3.05, 3.63) is 29.8 Å². The zero-order valence-electron chi connectivity index (χ0n) is 23.2. The molecule has 1 N–H and O–H groups in total. The predicted octanol–water partition coefficient (Wildman–Crippen LogP) is 2.48. The van der Waals surface area contributed by atoms with Crippen LogP contribution in [-0.4, -0.2) is 90.8 Å². The Bertz CT molecular complexity index is 1020. The average molecular weight is 527 g/mol. The van der Waals surface area contributed by atoms with Crippen molar-refractivity contribution in [1.82, 2.24) is 15.1 Å². The van der Waals surface area contributed by atoms with Crippen molar-refractivity contribution in [2.45, 2.75) is 71.5 Å². The Labute approximate surface area is 225 Å². The summed E-state index contributed by atoms with van der Waals surface area (Å²) in [5.41, 5.74) is 1.52. The number of rotatable bonds is 9. The first-order chi connectivity index (χ1) is 18.2. The highest BCUT2D eigenvalue weighted by Crippen LogP contribution is 2.31. The fourth-order valence-corrected chi connectivity index (χ4v) is 5.73. The molecular formula is C29H42N4O5. The van der Waals surface area contributed by atoms with Crippen molar-refractivity contribution in [1.29, 1.82) is 0 Å². The van der Waals surface area contributed by atoms with Gasteiger partial charge in [0.15, 0.2) is 5.78 Å². The number of ketones is 1. The molecule has 0 aliphatic carbocycles. The third kappa shape index (κ3) is 6.37. The molecule has 0 saturated carbocycles. The standard InChI is InChI=1S/C29H42N4O5/c1-19(2)5-10-26(35)33-18-25(34)27-24(33)11-12-32(27)29(37)23(17-20(3)4)30-28(36)21-6-8-22(9-7-21)31-13-15-38-16-14-31/h6-9,19-20,23-24,27H,5,10-18H2,1-4H3,(H,30,36). The molecule has 3 unspecified atom stereocenters. The zero-order chi connectivity index (χ0) is 27.4. The van der Waals surface area contributed by atoms with E-state index in [-0.39, 0.29) is 42.0 Å². The van der Waals surface area contributed by atoms with Crippen molar-refractivity contribution < 1.29 is 23.9 Å². The minimum absolute atomic E-state index is 0.0126. The highest BCUT2D eigenvalue weighted by Gasteiger charge is 2.52. The minimum Gasteiger partial charge on any atom is -0.378 e. The Morgan fingerprint density at radius 3 is 2.29 bits per heavy atom. The maximum atomic E-state index is 13.7. The number of carbonyl (C=O) groups excluding carboxylic acids is 4. The zero-order valence-corrected chi connectivity index (χ0v) is 23.2. The van der Waals surface area contributed by atoms with Gasteiger partial charge in [-0.1, -0.05) is 27.7 Å². The van der Waals surface area contributed by atoms with E-state index in [1.807, 2.05) is 26.0 Å². The lowest BCUT2D eigenvalue weighted by molar-refractivity contribution is -0.138. The minimum atomic E-state index is -0.737. The number of nitrogens with zero attached hydrogens (tertiary/aromatic N) is 3. The largest absolute Gasteiger partial charge is 0.378 e. The Hall–Kier alpha value is -2.94. The SMILES string of the molecule is CC(C)CCC(=O)N1CC(=O)C2C1CCN2C(=O)C(CC(C)C)NC(=O)c1ccc(N2CCOCC2)cc1. The number of Topliss-reactive ketones (excluding diaryl/α,β-unsaturated/α-hetero) is 1. The third-order valence-corrected chi connectivity index (χ3v) is 7.78. The topological polar surface area (TPSA) is 99.3 Å². The molecule has 3 fully saturated rings. The third-order valence-electron chi connectivity index (χ3n) is 7.78. The molecule has 38 heavy (non-hydrogen) atoms. The summed E-state index contributed by atoms with van der Waals surface area (Å²) in [7, 11) is 0. The summed E-state index contributed by atoms with van der Waals surface area (Å²) in [6.07, 6.45) is 2.24. The van der Waals surface area contributed by atoms with Gasteiger partial charge in [-0.05, 0) is 55.4 Å². The summed E-state index contributed by atoms with van der Waals surface area (Å²) in [6, 6.07) is 5.78. The lowest BCUT2D eigenvalue weighted by atomic mass is 10.0. The fourth-order valence-electron chi connectivity index (χ4n) is 5.73. The number of anilines is 1. The number of ether oxygens (including phenoxy) is 1. The second-order valence-electron chi connectivity index (χ2n) is 11.6. The molecule has 9 heteroatoms. The van der Waals surface area contributed by atoms with Crippen molar-refractivity contribution in [3.8, 4) is 0 Å². The number of hydrogen-bond donors (Lipinski definition) is 1. The Morgan fingerprint density at radius 1 is 0.974 bits per heavy atom. The van der Waals surface area contributed by atoms with Crippen LogP contribution < -0.4 is 10.2 Å². The van der Waals surface area contributed by atoms with Gasteiger partial charge < -0.3 is 24.8 Å². The maximum absolute atomic E-state index is 13.7. The Kier molecular flexibility index (Phi) is 9.07. The van der Waals surface area contributed by atoms with E-state index in [4.69, 9.17) is 4.74 Å². The van der Waals surface area contributed by atoms with Gasteiger partial charge in [0, 0.05) is 37.3 Å². The summed E-state index contributed by atoms with van der Waals surface area (Å²) < 4.78 is 5.41. The normalized spacial score (nSPS) is 22.3. The van der Waals surface area contributed by atoms with E-state index in [9.17, 15) is 19.2 Å². The van der Waals surface area contributed by atoms with Crippen LogP contribution >= 0.6 is 0 Å². The molecule has 0 aromatic heterocycles. The van der Waals surface area contributed by atoms with Crippen LogP contribution in [0.3, 0.4) is 0 Å². The first kappa shape index (κ1) is 28.1. The van der Waals surface area contributed by atoms with E-state index in [0.717, 1.165) is 25.2 Å². The second-order valence-corrected chi connectivity index (χ2v) is 11.6. The van der Waals surface area contributed by atoms with Crippen molar-refractivity contribution in [3.63, 3.8) is 0 Å². The number of nitrogens with one attached hydrogen (secondary N) is 1. The number of amides is 3. The van der Waals surface area contributed by atoms with E-state index in [1.54, 1.807) is 21.9 Å². The van der Waals surface area contributed by atoms with Gasteiger partial charge in [-0.2, -0.15) is 0 Å². The number of carbonyl (C=O) groups is 4. The summed E-state index contributed by atoms with van der Waals surface area (Å²) in [5.74, 6) is -0.0790. The molecule has 3 saturated heterocycles. The number of likely N-dealkylation sites (tertiary alicyclic amines) is 2. The summed E-state index contributed by atoms with van der Waals surface area (Å²) in [6.45, 7) is 11.6. The lowest BCUT2D eigenvalue weighted by Gasteiger charge is -2.29. The fraction of sp³-hybridized carbons (Fsp3) is 0.655. The van der Waals surface area contributed by atoms with E-state index in [2.05, 4.69) is 24.1 Å². The van der Waals surface area contributed by atoms with Gasteiger partial charge in [0.2, 0.25) is 11.8 Å². The second kappa shape index (κ2) is 12.3. The van der Waals surface area contributed by atoms with Crippen LogP contribution in [0.2, 0.25) is 0 Å². The molecule has 208 valence electrons.